The van der Waals surface area contributed by atoms with Crippen molar-refractivity contribution >= 4 is 23.7 Å². The van der Waals surface area contributed by atoms with Crippen molar-refractivity contribution < 1.29 is 24.6 Å². The van der Waals surface area contributed by atoms with E-state index < -0.39 is 47.3 Å². The van der Waals surface area contributed by atoms with Crippen molar-refractivity contribution in [3.63, 3.8) is 0 Å². The van der Waals surface area contributed by atoms with E-state index in [1.807, 2.05) is 13.0 Å². The molecule has 2 fully saturated rings. The summed E-state index contributed by atoms with van der Waals surface area (Å²) < 4.78 is 0. The van der Waals surface area contributed by atoms with Crippen LogP contribution < -0.4 is 16.4 Å². The summed E-state index contributed by atoms with van der Waals surface area (Å²) in [5, 5.41) is 23.9. The Labute approximate surface area is 138 Å². The molecule has 8 heteroatoms. The molecule has 0 bridgehead atoms. The molecule has 2 amide bonds. The SMILES string of the molecule is Cc1cccc(NC(=O)NC2CC(N)(C(=O)O)C3C(C(=O)O)C23)c1. The van der Waals surface area contributed by atoms with Crippen molar-refractivity contribution in [3.05, 3.63) is 29.8 Å². The summed E-state index contributed by atoms with van der Waals surface area (Å²) in [6.07, 6.45) is 0.0166. The van der Waals surface area contributed by atoms with Crippen LogP contribution in [0.2, 0.25) is 0 Å². The molecule has 0 radical (unpaired) electrons. The fourth-order valence-corrected chi connectivity index (χ4v) is 3.89. The maximum atomic E-state index is 12.1. The predicted octanol–water partition coefficient (Wildman–Crippen LogP) is 0.618. The molecule has 5 unspecified atom stereocenters. The van der Waals surface area contributed by atoms with Crippen LogP contribution in [0.4, 0.5) is 10.5 Å². The second-order valence-corrected chi connectivity index (χ2v) is 6.59. The summed E-state index contributed by atoms with van der Waals surface area (Å²) in [7, 11) is 0. The quantitative estimate of drug-likeness (QED) is 0.547. The van der Waals surface area contributed by atoms with E-state index in [1.165, 1.54) is 0 Å². The first kappa shape index (κ1) is 16.3. The van der Waals surface area contributed by atoms with Crippen molar-refractivity contribution in [2.45, 2.75) is 24.9 Å². The third kappa shape index (κ3) is 2.58. The molecule has 0 aliphatic heterocycles. The third-order valence-electron chi connectivity index (χ3n) is 4.97. The minimum atomic E-state index is -1.62. The first-order valence-corrected chi connectivity index (χ1v) is 7.63. The number of carbonyl (C=O) groups excluding carboxylic acids is 1. The Morgan fingerprint density at radius 1 is 1.29 bits per heavy atom. The van der Waals surface area contributed by atoms with Gasteiger partial charge >= 0.3 is 18.0 Å². The van der Waals surface area contributed by atoms with Crippen LogP contribution in [-0.4, -0.2) is 39.8 Å². The number of carbonyl (C=O) groups is 3. The third-order valence-corrected chi connectivity index (χ3v) is 4.97. The number of nitrogens with one attached hydrogen (secondary N) is 2. The number of aryl methyl sites for hydroxylation is 1. The fraction of sp³-hybridized carbons (Fsp3) is 0.438. The van der Waals surface area contributed by atoms with Gasteiger partial charge in [0.15, 0.2) is 0 Å². The Morgan fingerprint density at radius 2 is 2.00 bits per heavy atom. The molecule has 0 heterocycles. The van der Waals surface area contributed by atoms with E-state index in [2.05, 4.69) is 10.6 Å². The lowest BCUT2D eigenvalue weighted by Gasteiger charge is -2.25. The van der Waals surface area contributed by atoms with E-state index >= 15 is 0 Å². The van der Waals surface area contributed by atoms with Gasteiger partial charge in [-0.3, -0.25) is 9.59 Å². The smallest absolute Gasteiger partial charge is 0.324 e. The molecule has 128 valence electrons. The highest BCUT2D eigenvalue weighted by Gasteiger charge is 2.74. The van der Waals surface area contributed by atoms with E-state index in [-0.39, 0.29) is 6.42 Å². The molecule has 6 N–H and O–H groups in total. The van der Waals surface area contributed by atoms with Gasteiger partial charge in [0.25, 0.3) is 0 Å². The van der Waals surface area contributed by atoms with Gasteiger partial charge in [-0.1, -0.05) is 12.1 Å². The molecule has 8 nitrogen and oxygen atoms in total. The molecule has 2 aliphatic rings. The molecule has 2 aliphatic carbocycles. The molecule has 0 spiro atoms. The number of benzene rings is 1. The van der Waals surface area contributed by atoms with Gasteiger partial charge in [0, 0.05) is 17.6 Å². The summed E-state index contributed by atoms with van der Waals surface area (Å²) in [6.45, 7) is 1.89. The Balaban J connectivity index is 1.70. The zero-order valence-electron chi connectivity index (χ0n) is 13.0. The first-order chi connectivity index (χ1) is 11.2. The molecule has 0 saturated heterocycles. The average molecular weight is 333 g/mol. The highest BCUT2D eigenvalue weighted by atomic mass is 16.4. The van der Waals surface area contributed by atoms with Crippen molar-refractivity contribution in [2.24, 2.45) is 23.5 Å². The van der Waals surface area contributed by atoms with E-state index in [0.717, 1.165) is 5.56 Å². The van der Waals surface area contributed by atoms with Crippen molar-refractivity contribution in [1.82, 2.24) is 5.32 Å². The standard InChI is InChI=1S/C16H19N3O5/c1-7-3-2-4-8(5-7)18-15(24)19-9-6-16(17,14(22)23)12-10(9)11(12)13(20)21/h2-5,9-12H,6,17H2,1H3,(H,20,21)(H,22,23)(H2,18,19,24). The van der Waals surface area contributed by atoms with Gasteiger partial charge in [0.05, 0.1) is 5.92 Å². The summed E-state index contributed by atoms with van der Waals surface area (Å²) >= 11 is 0. The lowest BCUT2D eigenvalue weighted by atomic mass is 9.90. The number of hydrogen-bond acceptors (Lipinski definition) is 4. The topological polar surface area (TPSA) is 142 Å². The summed E-state index contributed by atoms with van der Waals surface area (Å²) in [6, 6.07) is 6.12. The molecule has 1 aromatic carbocycles. The monoisotopic (exact) mass is 333 g/mol. The minimum Gasteiger partial charge on any atom is -0.481 e. The Bertz CT molecular complexity index is 721. The van der Waals surface area contributed by atoms with Crippen LogP contribution in [0.1, 0.15) is 12.0 Å². The fourth-order valence-electron chi connectivity index (χ4n) is 3.89. The highest BCUT2D eigenvalue weighted by Crippen LogP contribution is 2.61. The largest absolute Gasteiger partial charge is 0.481 e. The molecule has 5 atom stereocenters. The normalized spacial score (nSPS) is 33.4. The van der Waals surface area contributed by atoms with Crippen molar-refractivity contribution in [2.75, 3.05) is 5.32 Å². The van der Waals surface area contributed by atoms with Crippen LogP contribution in [0.15, 0.2) is 24.3 Å². The molecule has 2 saturated carbocycles. The van der Waals surface area contributed by atoms with Gasteiger partial charge in [-0.25, -0.2) is 4.79 Å². The number of aliphatic carboxylic acids is 2. The second-order valence-electron chi connectivity index (χ2n) is 6.59. The maximum absolute atomic E-state index is 12.1. The van der Waals surface area contributed by atoms with E-state index in [1.54, 1.807) is 18.2 Å². The number of fused-ring (bicyclic) bond motifs is 1. The van der Waals surface area contributed by atoms with Gasteiger partial charge in [0.1, 0.15) is 5.54 Å². The lowest BCUT2D eigenvalue weighted by Crippen LogP contribution is -2.52. The first-order valence-electron chi connectivity index (χ1n) is 7.63. The maximum Gasteiger partial charge on any atom is 0.324 e. The van der Waals surface area contributed by atoms with Crippen LogP contribution in [0.25, 0.3) is 0 Å². The number of carboxylic acids is 2. The molecular weight excluding hydrogens is 314 g/mol. The molecule has 0 aromatic heterocycles. The lowest BCUT2D eigenvalue weighted by molar-refractivity contribution is -0.145. The summed E-state index contributed by atoms with van der Waals surface area (Å²) in [5.41, 5.74) is 5.89. The zero-order chi connectivity index (χ0) is 17.6. The van der Waals surface area contributed by atoms with Gasteiger partial charge < -0.3 is 26.6 Å². The minimum absolute atomic E-state index is 0.0166. The van der Waals surface area contributed by atoms with Crippen molar-refractivity contribution in [1.29, 1.82) is 0 Å². The molecule has 3 rings (SSSR count). The van der Waals surface area contributed by atoms with E-state index in [4.69, 9.17) is 5.73 Å². The zero-order valence-corrected chi connectivity index (χ0v) is 13.0. The number of amides is 2. The van der Waals surface area contributed by atoms with Crippen molar-refractivity contribution in [3.8, 4) is 0 Å². The Kier molecular flexibility index (Phi) is 3.71. The van der Waals surface area contributed by atoms with Gasteiger partial charge in [0.2, 0.25) is 0 Å². The Morgan fingerprint density at radius 3 is 2.58 bits per heavy atom. The molecule has 24 heavy (non-hydrogen) atoms. The van der Waals surface area contributed by atoms with Gasteiger partial charge in [-0.2, -0.15) is 0 Å². The average Bonchev–Trinajstić information content (AvgIpc) is 3.16. The van der Waals surface area contributed by atoms with Crippen LogP contribution >= 0.6 is 0 Å². The predicted molar refractivity (Wildman–Crippen MR) is 84.4 cm³/mol. The second kappa shape index (κ2) is 5.48. The van der Waals surface area contributed by atoms with Crippen LogP contribution in [0.5, 0.6) is 0 Å². The van der Waals surface area contributed by atoms with Crippen LogP contribution in [-0.2, 0) is 9.59 Å². The Hall–Kier alpha value is -2.61. The number of nitrogens with two attached hydrogens (primary N) is 1. The number of carboxylic acid groups (broad SMARTS) is 2. The number of anilines is 1. The molecular formula is C16H19N3O5. The van der Waals surface area contributed by atoms with Crippen LogP contribution in [0.3, 0.4) is 0 Å². The van der Waals surface area contributed by atoms with Crippen LogP contribution in [0, 0.1) is 24.7 Å². The van der Waals surface area contributed by atoms with E-state index in [9.17, 15) is 24.6 Å². The highest BCUT2D eigenvalue weighted by molar-refractivity contribution is 5.91. The number of hydrogen-bond donors (Lipinski definition) is 5. The number of rotatable bonds is 4. The van der Waals surface area contributed by atoms with E-state index in [0.29, 0.717) is 5.69 Å². The molecule has 1 aromatic rings. The number of urea groups is 1. The summed E-state index contributed by atoms with van der Waals surface area (Å²) in [4.78, 5) is 34.9. The summed E-state index contributed by atoms with van der Waals surface area (Å²) in [5.74, 6) is -4.25. The van der Waals surface area contributed by atoms with Gasteiger partial charge in [-0.15, -0.1) is 0 Å². The van der Waals surface area contributed by atoms with Gasteiger partial charge in [-0.05, 0) is 37.0 Å².